The van der Waals surface area contributed by atoms with Crippen LogP contribution in [0.1, 0.15) is 24.5 Å². The Morgan fingerprint density at radius 1 is 1.16 bits per heavy atom. The van der Waals surface area contributed by atoms with Crippen molar-refractivity contribution >= 4 is 34.8 Å². The van der Waals surface area contributed by atoms with Crippen molar-refractivity contribution in [3.05, 3.63) is 58.6 Å². The molecule has 0 aliphatic heterocycles. The minimum Gasteiger partial charge on any atom is -0.370 e. The molecule has 5 nitrogen and oxygen atoms in total. The SMILES string of the molecule is CCc1ccc(NC(N)=NCCC(=O)Nc2ccc(C)cc2Cl)cc1. The zero-order valence-electron chi connectivity index (χ0n) is 14.5. The molecule has 1 amide bonds. The van der Waals surface area contributed by atoms with E-state index >= 15 is 0 Å². The van der Waals surface area contributed by atoms with Crippen LogP contribution in [0.2, 0.25) is 5.02 Å². The topological polar surface area (TPSA) is 79.5 Å². The van der Waals surface area contributed by atoms with Crippen molar-refractivity contribution in [1.29, 1.82) is 0 Å². The molecule has 0 atom stereocenters. The second-order valence-corrected chi connectivity index (χ2v) is 6.13. The summed E-state index contributed by atoms with van der Waals surface area (Å²) < 4.78 is 0. The predicted octanol–water partition coefficient (Wildman–Crippen LogP) is 3.97. The maximum absolute atomic E-state index is 12.0. The summed E-state index contributed by atoms with van der Waals surface area (Å²) in [5.74, 6) is 0.125. The van der Waals surface area contributed by atoms with Crippen molar-refractivity contribution in [3.8, 4) is 0 Å². The van der Waals surface area contributed by atoms with E-state index in [1.165, 1.54) is 5.56 Å². The van der Waals surface area contributed by atoms with Crippen LogP contribution in [0.15, 0.2) is 47.5 Å². The van der Waals surface area contributed by atoms with Gasteiger partial charge in [0, 0.05) is 12.1 Å². The number of carbonyl (C=O) groups is 1. The third-order valence-electron chi connectivity index (χ3n) is 3.65. The van der Waals surface area contributed by atoms with Crippen molar-refractivity contribution in [2.45, 2.75) is 26.7 Å². The first-order valence-electron chi connectivity index (χ1n) is 8.20. The summed E-state index contributed by atoms with van der Waals surface area (Å²) >= 11 is 6.10. The Morgan fingerprint density at radius 3 is 2.52 bits per heavy atom. The lowest BCUT2D eigenvalue weighted by atomic mass is 10.1. The quantitative estimate of drug-likeness (QED) is 0.540. The van der Waals surface area contributed by atoms with Crippen molar-refractivity contribution < 1.29 is 4.79 Å². The second-order valence-electron chi connectivity index (χ2n) is 5.72. The minimum absolute atomic E-state index is 0.158. The summed E-state index contributed by atoms with van der Waals surface area (Å²) in [5.41, 5.74) is 9.61. The van der Waals surface area contributed by atoms with E-state index in [2.05, 4.69) is 22.5 Å². The van der Waals surface area contributed by atoms with Gasteiger partial charge in [0.2, 0.25) is 5.91 Å². The molecule has 4 N–H and O–H groups in total. The molecule has 0 heterocycles. The molecule has 0 aliphatic rings. The maximum Gasteiger partial charge on any atom is 0.226 e. The summed E-state index contributed by atoms with van der Waals surface area (Å²) in [6.45, 7) is 4.34. The van der Waals surface area contributed by atoms with Crippen molar-refractivity contribution in [3.63, 3.8) is 0 Å². The second kappa shape index (κ2) is 9.08. The lowest BCUT2D eigenvalue weighted by Crippen LogP contribution is -2.23. The Bertz CT molecular complexity index is 757. The van der Waals surface area contributed by atoms with E-state index in [4.69, 9.17) is 17.3 Å². The molecule has 6 heteroatoms. The Balaban J connectivity index is 1.81. The Hall–Kier alpha value is -2.53. The lowest BCUT2D eigenvalue weighted by Gasteiger charge is -2.08. The number of hydrogen-bond acceptors (Lipinski definition) is 2. The normalized spacial score (nSPS) is 11.2. The molecule has 0 bridgehead atoms. The number of aliphatic imine (C=N–C) groups is 1. The number of nitrogens with zero attached hydrogens (tertiary/aromatic N) is 1. The van der Waals surface area contributed by atoms with Crippen LogP contribution in [0.3, 0.4) is 0 Å². The van der Waals surface area contributed by atoms with E-state index in [0.717, 1.165) is 17.7 Å². The number of anilines is 2. The van der Waals surface area contributed by atoms with E-state index in [1.54, 1.807) is 12.1 Å². The van der Waals surface area contributed by atoms with Crippen LogP contribution in [0.25, 0.3) is 0 Å². The lowest BCUT2D eigenvalue weighted by molar-refractivity contribution is -0.116. The molecule has 0 aliphatic carbocycles. The highest BCUT2D eigenvalue weighted by molar-refractivity contribution is 6.33. The van der Waals surface area contributed by atoms with Gasteiger partial charge in [0.1, 0.15) is 0 Å². The number of halogens is 1. The van der Waals surface area contributed by atoms with Gasteiger partial charge in [-0.05, 0) is 48.7 Å². The molecule has 2 aromatic carbocycles. The first kappa shape index (κ1) is 18.8. The van der Waals surface area contributed by atoms with E-state index in [-0.39, 0.29) is 18.3 Å². The Kier molecular flexibility index (Phi) is 6.83. The van der Waals surface area contributed by atoms with Gasteiger partial charge in [-0.2, -0.15) is 0 Å². The molecule has 0 fully saturated rings. The average molecular weight is 359 g/mol. The fourth-order valence-electron chi connectivity index (χ4n) is 2.22. The number of carbonyl (C=O) groups excluding carboxylic acids is 1. The number of hydrogen-bond donors (Lipinski definition) is 3. The van der Waals surface area contributed by atoms with Gasteiger partial charge in [0.05, 0.1) is 17.3 Å². The first-order chi connectivity index (χ1) is 12.0. The number of amides is 1. The summed E-state index contributed by atoms with van der Waals surface area (Å²) in [6, 6.07) is 13.5. The van der Waals surface area contributed by atoms with Gasteiger partial charge in [-0.3, -0.25) is 9.79 Å². The fraction of sp³-hybridized carbons (Fsp3) is 0.263. The van der Waals surface area contributed by atoms with Gasteiger partial charge in [0.15, 0.2) is 5.96 Å². The largest absolute Gasteiger partial charge is 0.370 e. The number of nitrogens with one attached hydrogen (secondary N) is 2. The van der Waals surface area contributed by atoms with Crippen LogP contribution in [0.5, 0.6) is 0 Å². The standard InChI is InChI=1S/C19H23ClN4O/c1-3-14-5-7-15(8-6-14)23-19(21)22-11-10-18(25)24-17-9-4-13(2)12-16(17)20/h4-9,12H,3,10-11H2,1-2H3,(H,24,25)(H3,21,22,23). The molecular formula is C19H23ClN4O. The van der Waals surface area contributed by atoms with Crippen LogP contribution in [-0.2, 0) is 11.2 Å². The highest BCUT2D eigenvalue weighted by Gasteiger charge is 2.06. The molecule has 0 saturated heterocycles. The maximum atomic E-state index is 12.0. The average Bonchev–Trinajstić information content (AvgIpc) is 2.58. The van der Waals surface area contributed by atoms with Crippen LogP contribution in [0.4, 0.5) is 11.4 Å². The third-order valence-corrected chi connectivity index (χ3v) is 3.97. The van der Waals surface area contributed by atoms with E-state index < -0.39 is 0 Å². The van der Waals surface area contributed by atoms with Crippen molar-refractivity contribution in [2.75, 3.05) is 17.2 Å². The summed E-state index contributed by atoms with van der Waals surface area (Å²) in [7, 11) is 0. The van der Waals surface area contributed by atoms with E-state index in [0.29, 0.717) is 17.3 Å². The number of rotatable bonds is 6. The van der Waals surface area contributed by atoms with Gasteiger partial charge in [-0.1, -0.05) is 36.7 Å². The van der Waals surface area contributed by atoms with Gasteiger partial charge < -0.3 is 16.4 Å². The summed E-state index contributed by atoms with van der Waals surface area (Å²) in [5, 5.41) is 6.30. The zero-order chi connectivity index (χ0) is 18.2. The zero-order valence-corrected chi connectivity index (χ0v) is 15.2. The third kappa shape index (κ3) is 6.12. The fourth-order valence-corrected chi connectivity index (χ4v) is 2.51. The smallest absolute Gasteiger partial charge is 0.226 e. The predicted molar refractivity (Wildman–Crippen MR) is 105 cm³/mol. The summed E-state index contributed by atoms with van der Waals surface area (Å²) in [6.07, 6.45) is 1.21. The summed E-state index contributed by atoms with van der Waals surface area (Å²) in [4.78, 5) is 16.1. The molecule has 0 saturated carbocycles. The molecule has 25 heavy (non-hydrogen) atoms. The Morgan fingerprint density at radius 2 is 1.88 bits per heavy atom. The number of aryl methyl sites for hydroxylation is 2. The molecular weight excluding hydrogens is 336 g/mol. The van der Waals surface area contributed by atoms with Crippen LogP contribution < -0.4 is 16.4 Å². The molecule has 0 radical (unpaired) electrons. The first-order valence-corrected chi connectivity index (χ1v) is 8.57. The Labute approximate surface area is 153 Å². The van der Waals surface area contributed by atoms with Gasteiger partial charge in [-0.15, -0.1) is 0 Å². The number of guanidine groups is 1. The van der Waals surface area contributed by atoms with Gasteiger partial charge >= 0.3 is 0 Å². The molecule has 132 valence electrons. The monoisotopic (exact) mass is 358 g/mol. The van der Waals surface area contributed by atoms with Crippen LogP contribution in [-0.4, -0.2) is 18.4 Å². The van der Waals surface area contributed by atoms with Gasteiger partial charge in [0.25, 0.3) is 0 Å². The number of benzene rings is 2. The van der Waals surface area contributed by atoms with E-state index in [9.17, 15) is 4.79 Å². The van der Waals surface area contributed by atoms with Crippen LogP contribution >= 0.6 is 11.6 Å². The molecule has 2 rings (SSSR count). The molecule has 0 spiro atoms. The minimum atomic E-state index is -0.158. The van der Waals surface area contributed by atoms with Crippen molar-refractivity contribution in [2.24, 2.45) is 10.7 Å². The molecule has 0 unspecified atom stereocenters. The van der Waals surface area contributed by atoms with Gasteiger partial charge in [-0.25, -0.2) is 0 Å². The van der Waals surface area contributed by atoms with E-state index in [1.807, 2.05) is 37.3 Å². The van der Waals surface area contributed by atoms with Crippen molar-refractivity contribution in [1.82, 2.24) is 0 Å². The highest BCUT2D eigenvalue weighted by atomic mass is 35.5. The molecule has 0 aromatic heterocycles. The molecule has 2 aromatic rings. The number of nitrogens with two attached hydrogens (primary N) is 1. The highest BCUT2D eigenvalue weighted by Crippen LogP contribution is 2.22. The van der Waals surface area contributed by atoms with Crippen LogP contribution in [0, 0.1) is 6.92 Å².